The van der Waals surface area contributed by atoms with Crippen molar-refractivity contribution in [3.8, 4) is 0 Å². The molecule has 2 heterocycles. The van der Waals surface area contributed by atoms with E-state index >= 15 is 0 Å². The minimum Gasteiger partial charge on any atom is -0.480 e. The van der Waals surface area contributed by atoms with Gasteiger partial charge in [-0.25, -0.2) is 8.78 Å². The van der Waals surface area contributed by atoms with Crippen LogP contribution in [-0.4, -0.2) is 46.1 Å². The third kappa shape index (κ3) is 5.79. The van der Waals surface area contributed by atoms with Gasteiger partial charge in [-0.15, -0.1) is 0 Å². The summed E-state index contributed by atoms with van der Waals surface area (Å²) in [6, 6.07) is 7.80. The first kappa shape index (κ1) is 24.9. The van der Waals surface area contributed by atoms with Crippen LogP contribution >= 0.6 is 0 Å². The van der Waals surface area contributed by atoms with Crippen LogP contribution in [0.15, 0.2) is 30.3 Å². The number of piperidine rings is 1. The molecule has 1 saturated heterocycles. The second-order valence-electron chi connectivity index (χ2n) is 9.97. The molecule has 3 rings (SSSR count). The average molecular weight is 462 g/mol. The van der Waals surface area contributed by atoms with Gasteiger partial charge in [-0.3, -0.25) is 14.5 Å². The fourth-order valence-corrected chi connectivity index (χ4v) is 4.49. The van der Waals surface area contributed by atoms with Gasteiger partial charge in [-0.05, 0) is 38.0 Å². The molecule has 180 valence electrons. The number of benzene rings is 1. The number of rotatable bonds is 6. The molecule has 0 radical (unpaired) electrons. The number of hydrogen-bond acceptors (Lipinski definition) is 3. The molecule has 2 N–H and O–H groups in total. The predicted molar refractivity (Wildman–Crippen MR) is 124 cm³/mol. The molecule has 33 heavy (non-hydrogen) atoms. The second kappa shape index (κ2) is 9.25. The van der Waals surface area contributed by atoms with Crippen LogP contribution in [0.1, 0.15) is 73.9 Å². The Morgan fingerprint density at radius 1 is 1.12 bits per heavy atom. The van der Waals surface area contributed by atoms with E-state index in [4.69, 9.17) is 5.11 Å². The zero-order valence-electron chi connectivity index (χ0n) is 19.9. The Kier molecular flexibility index (Phi) is 6.98. The highest BCUT2D eigenvalue weighted by Gasteiger charge is 2.31. The Morgan fingerprint density at radius 2 is 1.76 bits per heavy atom. The van der Waals surface area contributed by atoms with E-state index in [1.54, 1.807) is 6.07 Å². The van der Waals surface area contributed by atoms with E-state index in [1.165, 1.54) is 18.2 Å². The van der Waals surface area contributed by atoms with Crippen LogP contribution in [-0.2, 0) is 16.1 Å². The molecule has 1 fully saturated rings. The molecule has 8 heteroatoms. The van der Waals surface area contributed by atoms with Crippen LogP contribution in [0.5, 0.6) is 0 Å². The summed E-state index contributed by atoms with van der Waals surface area (Å²) in [5.74, 6) is -4.16. The first-order valence-corrected chi connectivity index (χ1v) is 11.2. The number of carboxylic acids is 1. The van der Waals surface area contributed by atoms with Gasteiger partial charge < -0.3 is 15.0 Å². The molecule has 0 aliphatic carbocycles. The Hall–Kier alpha value is -2.74. The number of amides is 1. The SMILES string of the molecule is Cc1c(C(=O)Nc2cccc(C(C)(F)F)c2)cc(C(C)(C)C)n1C1CCN(CC(=O)O)CC1. The van der Waals surface area contributed by atoms with Crippen molar-refractivity contribution in [2.24, 2.45) is 0 Å². The molecular formula is C25H33F2N3O3. The molecule has 1 aliphatic heterocycles. The molecule has 1 aliphatic rings. The van der Waals surface area contributed by atoms with Crippen molar-refractivity contribution in [3.05, 3.63) is 52.8 Å². The average Bonchev–Trinajstić information content (AvgIpc) is 3.05. The van der Waals surface area contributed by atoms with Gasteiger partial charge in [0.05, 0.1) is 12.1 Å². The summed E-state index contributed by atoms with van der Waals surface area (Å²) in [6.07, 6.45) is 1.58. The quantitative estimate of drug-likeness (QED) is 0.622. The van der Waals surface area contributed by atoms with E-state index in [9.17, 15) is 18.4 Å². The zero-order chi connectivity index (χ0) is 24.6. The van der Waals surface area contributed by atoms with E-state index in [0.29, 0.717) is 24.3 Å². The third-order valence-electron chi connectivity index (χ3n) is 6.21. The topological polar surface area (TPSA) is 74.6 Å². The van der Waals surface area contributed by atoms with Gasteiger partial charge in [0.25, 0.3) is 11.8 Å². The first-order chi connectivity index (χ1) is 15.3. The monoisotopic (exact) mass is 461 g/mol. The Morgan fingerprint density at radius 3 is 2.30 bits per heavy atom. The number of likely N-dealkylation sites (tertiary alicyclic amines) is 1. The summed E-state index contributed by atoms with van der Waals surface area (Å²) < 4.78 is 29.6. The number of aliphatic carboxylic acids is 1. The largest absolute Gasteiger partial charge is 0.480 e. The summed E-state index contributed by atoms with van der Waals surface area (Å²) in [4.78, 5) is 26.1. The van der Waals surface area contributed by atoms with Gasteiger partial charge in [0.1, 0.15) is 0 Å². The summed E-state index contributed by atoms with van der Waals surface area (Å²) in [6.45, 7) is 10.4. The molecule has 1 aromatic carbocycles. The third-order valence-corrected chi connectivity index (χ3v) is 6.21. The van der Waals surface area contributed by atoms with E-state index < -0.39 is 11.9 Å². The molecule has 2 aromatic rings. The summed E-state index contributed by atoms with van der Waals surface area (Å²) >= 11 is 0. The highest BCUT2D eigenvalue weighted by molar-refractivity contribution is 6.05. The van der Waals surface area contributed by atoms with Crippen LogP contribution in [0.4, 0.5) is 14.5 Å². The molecule has 0 bridgehead atoms. The van der Waals surface area contributed by atoms with Crippen molar-refractivity contribution in [2.45, 2.75) is 64.8 Å². The van der Waals surface area contributed by atoms with E-state index in [2.05, 4.69) is 30.7 Å². The lowest BCUT2D eigenvalue weighted by Gasteiger charge is -2.35. The van der Waals surface area contributed by atoms with Crippen LogP contribution in [0.25, 0.3) is 0 Å². The number of alkyl halides is 2. The maximum absolute atomic E-state index is 13.7. The Labute approximate surface area is 193 Å². The van der Waals surface area contributed by atoms with Crippen molar-refractivity contribution < 1.29 is 23.5 Å². The number of halogens is 2. The summed E-state index contributed by atoms with van der Waals surface area (Å²) in [5.41, 5.74) is 2.32. The predicted octanol–water partition coefficient (Wildman–Crippen LogP) is 5.18. The van der Waals surface area contributed by atoms with Gasteiger partial charge in [-0.1, -0.05) is 32.9 Å². The van der Waals surface area contributed by atoms with Gasteiger partial charge in [0, 0.05) is 54.1 Å². The lowest BCUT2D eigenvalue weighted by molar-refractivity contribution is -0.138. The highest BCUT2D eigenvalue weighted by Crippen LogP contribution is 2.35. The number of carbonyl (C=O) groups is 2. The normalized spacial score (nSPS) is 16.1. The fraction of sp³-hybridized carbons (Fsp3) is 0.520. The summed E-state index contributed by atoms with van der Waals surface area (Å²) in [7, 11) is 0. The summed E-state index contributed by atoms with van der Waals surface area (Å²) in [5, 5.41) is 11.8. The van der Waals surface area contributed by atoms with Gasteiger partial charge >= 0.3 is 5.97 Å². The van der Waals surface area contributed by atoms with Crippen molar-refractivity contribution in [3.63, 3.8) is 0 Å². The fourth-order valence-electron chi connectivity index (χ4n) is 4.49. The highest BCUT2D eigenvalue weighted by atomic mass is 19.3. The van der Waals surface area contributed by atoms with Crippen LogP contribution in [0.2, 0.25) is 0 Å². The molecule has 0 saturated carbocycles. The zero-order valence-corrected chi connectivity index (χ0v) is 19.9. The Bertz CT molecular complexity index is 1030. The molecule has 0 unspecified atom stereocenters. The molecule has 0 spiro atoms. The lowest BCUT2D eigenvalue weighted by Crippen LogP contribution is -2.38. The van der Waals surface area contributed by atoms with Gasteiger partial charge in [0.2, 0.25) is 0 Å². The molecule has 6 nitrogen and oxygen atoms in total. The van der Waals surface area contributed by atoms with Crippen molar-refractivity contribution >= 4 is 17.6 Å². The number of anilines is 1. The lowest BCUT2D eigenvalue weighted by atomic mass is 9.91. The molecular weight excluding hydrogens is 428 g/mol. The first-order valence-electron chi connectivity index (χ1n) is 11.2. The molecule has 0 atom stereocenters. The van der Waals surface area contributed by atoms with Gasteiger partial charge in [-0.2, -0.15) is 0 Å². The molecule has 1 amide bonds. The Balaban J connectivity index is 1.88. The van der Waals surface area contributed by atoms with Gasteiger partial charge in [0.15, 0.2) is 0 Å². The number of aromatic nitrogens is 1. The van der Waals surface area contributed by atoms with E-state index in [1.807, 2.05) is 17.9 Å². The molecule has 1 aromatic heterocycles. The second-order valence-corrected chi connectivity index (χ2v) is 9.97. The minimum absolute atomic E-state index is 0.0348. The number of carbonyl (C=O) groups excluding carboxylic acids is 1. The van der Waals surface area contributed by atoms with Crippen LogP contribution in [0, 0.1) is 6.92 Å². The minimum atomic E-state index is -2.99. The van der Waals surface area contributed by atoms with E-state index in [-0.39, 0.29) is 29.5 Å². The van der Waals surface area contributed by atoms with Crippen molar-refractivity contribution in [2.75, 3.05) is 25.0 Å². The number of nitrogens with zero attached hydrogens (tertiary/aromatic N) is 2. The van der Waals surface area contributed by atoms with Crippen LogP contribution < -0.4 is 5.32 Å². The van der Waals surface area contributed by atoms with Crippen molar-refractivity contribution in [1.82, 2.24) is 9.47 Å². The van der Waals surface area contributed by atoms with E-state index in [0.717, 1.165) is 31.2 Å². The van der Waals surface area contributed by atoms with Crippen molar-refractivity contribution in [1.29, 1.82) is 0 Å². The number of nitrogens with one attached hydrogen (secondary N) is 1. The maximum Gasteiger partial charge on any atom is 0.317 e. The number of carboxylic acid groups (broad SMARTS) is 1. The maximum atomic E-state index is 13.7. The van der Waals surface area contributed by atoms with Crippen LogP contribution in [0.3, 0.4) is 0 Å². The number of hydrogen-bond donors (Lipinski definition) is 2. The standard InChI is InChI=1S/C25H33F2N3O3/c1-16-20(23(33)28-18-8-6-7-17(13-18)25(5,26)27)14-21(24(2,3)4)30(16)19-9-11-29(12-10-19)15-22(31)32/h6-8,13-14,19H,9-12,15H2,1-5H3,(H,28,33)(H,31,32). The smallest absolute Gasteiger partial charge is 0.317 e.